The zero-order valence-electron chi connectivity index (χ0n) is 8.58. The second-order valence-corrected chi connectivity index (χ2v) is 2.87. The Kier molecular flexibility index (Phi) is 4.17. The number of nitrogens with one attached hydrogen (secondary N) is 1. The van der Waals surface area contributed by atoms with E-state index in [0.717, 1.165) is 0 Å². The molecule has 0 saturated carbocycles. The minimum Gasteiger partial charge on any atom is -0.397 e. The number of nitrogens with two attached hydrogens (primary N) is 1. The van der Waals surface area contributed by atoms with Crippen LogP contribution in [0.2, 0.25) is 0 Å². The van der Waals surface area contributed by atoms with Crippen LogP contribution in [0.25, 0.3) is 0 Å². The summed E-state index contributed by atoms with van der Waals surface area (Å²) in [5, 5.41) is 2.69. The van der Waals surface area contributed by atoms with Gasteiger partial charge in [0, 0.05) is 19.2 Å². The molecule has 0 fully saturated rings. The van der Waals surface area contributed by atoms with Crippen molar-refractivity contribution in [2.75, 3.05) is 12.3 Å². The van der Waals surface area contributed by atoms with Crippen molar-refractivity contribution < 1.29 is 4.79 Å². The Bertz CT molecular complexity index is 404. The van der Waals surface area contributed by atoms with Crippen LogP contribution in [-0.2, 0) is 0 Å². The van der Waals surface area contributed by atoms with Crippen LogP contribution in [0.3, 0.4) is 0 Å². The quantitative estimate of drug-likeness (QED) is 0.564. The van der Waals surface area contributed by atoms with Gasteiger partial charge in [-0.1, -0.05) is 0 Å². The lowest BCUT2D eigenvalue weighted by Gasteiger charge is -2.04. The maximum Gasteiger partial charge on any atom is 0.272 e. The van der Waals surface area contributed by atoms with Crippen molar-refractivity contribution in [1.82, 2.24) is 10.3 Å². The number of carbonyl (C=O) groups is 1. The molecule has 0 bridgehead atoms. The Labute approximate surface area is 88.9 Å². The van der Waals surface area contributed by atoms with E-state index >= 15 is 0 Å². The largest absolute Gasteiger partial charge is 0.397 e. The van der Waals surface area contributed by atoms with E-state index in [1.54, 1.807) is 19.1 Å². The average Bonchev–Trinajstić information content (AvgIpc) is 2.25. The van der Waals surface area contributed by atoms with Gasteiger partial charge < -0.3 is 11.1 Å². The van der Waals surface area contributed by atoms with Crippen LogP contribution in [0.5, 0.6) is 0 Å². The molecule has 78 valence electrons. The average molecular weight is 203 g/mol. The van der Waals surface area contributed by atoms with E-state index in [9.17, 15) is 4.79 Å². The third kappa shape index (κ3) is 3.31. The number of amides is 1. The van der Waals surface area contributed by atoms with Crippen LogP contribution in [0.1, 0.15) is 23.8 Å². The van der Waals surface area contributed by atoms with Crippen molar-refractivity contribution >= 4 is 11.6 Å². The fraction of sp³-hybridized carbons (Fsp3) is 0.273. The van der Waals surface area contributed by atoms with Gasteiger partial charge in [-0.15, -0.1) is 11.8 Å². The van der Waals surface area contributed by atoms with Crippen LogP contribution < -0.4 is 11.1 Å². The molecule has 1 heterocycles. The molecule has 0 aliphatic heterocycles. The van der Waals surface area contributed by atoms with Crippen molar-refractivity contribution in [3.8, 4) is 11.8 Å². The summed E-state index contributed by atoms with van der Waals surface area (Å²) in [5.41, 5.74) is 6.25. The Morgan fingerprint density at radius 2 is 2.47 bits per heavy atom. The molecule has 0 aromatic carbocycles. The summed E-state index contributed by atoms with van der Waals surface area (Å²) in [7, 11) is 0. The standard InChI is InChI=1S/C11H13N3O/c1-2-3-4-7-14-11(15)10-9(12)6-5-8-13-10/h5-6,8H,4,7,12H2,1H3,(H,14,15). The first-order valence-corrected chi connectivity index (χ1v) is 4.64. The summed E-state index contributed by atoms with van der Waals surface area (Å²) in [6, 6.07) is 3.34. The summed E-state index contributed by atoms with van der Waals surface area (Å²) in [6.07, 6.45) is 2.17. The number of aromatic nitrogens is 1. The van der Waals surface area contributed by atoms with Crippen molar-refractivity contribution in [2.45, 2.75) is 13.3 Å². The molecule has 4 heteroatoms. The lowest BCUT2D eigenvalue weighted by molar-refractivity contribution is 0.0950. The lowest BCUT2D eigenvalue weighted by atomic mass is 10.3. The topological polar surface area (TPSA) is 68.0 Å². The number of anilines is 1. The normalized spacial score (nSPS) is 8.87. The molecule has 0 aliphatic carbocycles. The molecule has 1 amide bonds. The fourth-order valence-electron chi connectivity index (χ4n) is 1.05. The van der Waals surface area contributed by atoms with Crippen LogP contribution in [-0.4, -0.2) is 17.4 Å². The highest BCUT2D eigenvalue weighted by Gasteiger charge is 2.08. The first-order valence-electron chi connectivity index (χ1n) is 4.64. The molecule has 3 N–H and O–H groups in total. The van der Waals surface area contributed by atoms with Crippen LogP contribution >= 0.6 is 0 Å². The molecule has 0 aliphatic rings. The molecule has 4 nitrogen and oxygen atoms in total. The van der Waals surface area contributed by atoms with Gasteiger partial charge in [-0.25, -0.2) is 4.98 Å². The fourth-order valence-corrected chi connectivity index (χ4v) is 1.05. The van der Waals surface area contributed by atoms with Gasteiger partial charge >= 0.3 is 0 Å². The minimum absolute atomic E-state index is 0.258. The number of nitrogens with zero attached hydrogens (tertiary/aromatic N) is 1. The molecule has 1 aromatic heterocycles. The Morgan fingerprint density at radius 1 is 1.67 bits per heavy atom. The van der Waals surface area contributed by atoms with Gasteiger partial charge in [0.25, 0.3) is 5.91 Å². The SMILES string of the molecule is CC#CCCNC(=O)c1ncccc1N. The minimum atomic E-state index is -0.258. The van der Waals surface area contributed by atoms with E-state index in [4.69, 9.17) is 5.73 Å². The van der Waals surface area contributed by atoms with Crippen molar-refractivity contribution in [1.29, 1.82) is 0 Å². The van der Waals surface area contributed by atoms with E-state index in [0.29, 0.717) is 18.7 Å². The van der Waals surface area contributed by atoms with E-state index in [2.05, 4.69) is 22.1 Å². The smallest absolute Gasteiger partial charge is 0.272 e. The van der Waals surface area contributed by atoms with Gasteiger partial charge in [-0.2, -0.15) is 0 Å². The predicted octanol–water partition coefficient (Wildman–Crippen LogP) is 0.807. The maximum atomic E-state index is 11.5. The summed E-state index contributed by atoms with van der Waals surface area (Å²) in [5.74, 6) is 5.35. The maximum absolute atomic E-state index is 11.5. The highest BCUT2D eigenvalue weighted by atomic mass is 16.1. The highest BCUT2D eigenvalue weighted by Crippen LogP contribution is 2.05. The third-order valence-electron chi connectivity index (χ3n) is 1.77. The highest BCUT2D eigenvalue weighted by molar-refractivity contribution is 5.96. The molecule has 0 unspecified atom stereocenters. The molecule has 0 spiro atoms. The summed E-state index contributed by atoms with van der Waals surface area (Å²) < 4.78 is 0. The Balaban J connectivity index is 2.53. The van der Waals surface area contributed by atoms with Gasteiger partial charge in [0.05, 0.1) is 5.69 Å². The number of pyridine rings is 1. The van der Waals surface area contributed by atoms with E-state index < -0.39 is 0 Å². The molecule has 0 atom stereocenters. The second-order valence-electron chi connectivity index (χ2n) is 2.87. The first kappa shape index (κ1) is 11.1. The summed E-state index contributed by atoms with van der Waals surface area (Å²) in [6.45, 7) is 2.27. The van der Waals surface area contributed by atoms with Gasteiger partial charge in [-0.05, 0) is 19.1 Å². The molecule has 15 heavy (non-hydrogen) atoms. The van der Waals surface area contributed by atoms with Crippen LogP contribution in [0, 0.1) is 11.8 Å². The van der Waals surface area contributed by atoms with E-state index in [1.807, 2.05) is 0 Å². The molecular weight excluding hydrogens is 190 g/mol. The predicted molar refractivity (Wildman–Crippen MR) is 59.0 cm³/mol. The number of rotatable bonds is 3. The number of nitrogen functional groups attached to an aromatic ring is 1. The number of carbonyl (C=O) groups excluding carboxylic acids is 1. The van der Waals surface area contributed by atoms with Gasteiger partial charge in [-0.3, -0.25) is 4.79 Å². The van der Waals surface area contributed by atoms with Crippen LogP contribution in [0.4, 0.5) is 5.69 Å². The third-order valence-corrected chi connectivity index (χ3v) is 1.77. The van der Waals surface area contributed by atoms with Crippen molar-refractivity contribution in [2.24, 2.45) is 0 Å². The summed E-state index contributed by atoms with van der Waals surface area (Å²) >= 11 is 0. The zero-order valence-corrected chi connectivity index (χ0v) is 8.58. The second kappa shape index (κ2) is 5.66. The van der Waals surface area contributed by atoms with Gasteiger partial charge in [0.1, 0.15) is 0 Å². The zero-order chi connectivity index (χ0) is 11.1. The lowest BCUT2D eigenvalue weighted by Crippen LogP contribution is -2.26. The number of hydrogen-bond acceptors (Lipinski definition) is 3. The van der Waals surface area contributed by atoms with Gasteiger partial charge in [0.15, 0.2) is 5.69 Å². The molecule has 0 radical (unpaired) electrons. The summed E-state index contributed by atoms with van der Waals surface area (Å²) in [4.78, 5) is 15.4. The molecular formula is C11H13N3O. The molecule has 1 rings (SSSR count). The number of hydrogen-bond donors (Lipinski definition) is 2. The Morgan fingerprint density at radius 3 is 3.13 bits per heavy atom. The first-order chi connectivity index (χ1) is 7.25. The molecule has 1 aromatic rings. The van der Waals surface area contributed by atoms with Crippen molar-refractivity contribution in [3.05, 3.63) is 24.0 Å². The molecule has 0 saturated heterocycles. The Hall–Kier alpha value is -2.02. The van der Waals surface area contributed by atoms with E-state index in [-0.39, 0.29) is 11.6 Å². The monoisotopic (exact) mass is 203 g/mol. The van der Waals surface area contributed by atoms with Gasteiger partial charge in [0.2, 0.25) is 0 Å². The van der Waals surface area contributed by atoms with Crippen molar-refractivity contribution in [3.63, 3.8) is 0 Å². The van der Waals surface area contributed by atoms with Crippen LogP contribution in [0.15, 0.2) is 18.3 Å². The van der Waals surface area contributed by atoms with E-state index in [1.165, 1.54) is 6.20 Å².